The first-order chi connectivity index (χ1) is 7.68. The van der Waals surface area contributed by atoms with Gasteiger partial charge in [0.15, 0.2) is 0 Å². The Morgan fingerprint density at radius 3 is 2.19 bits per heavy atom. The Bertz CT molecular complexity index is 474. The van der Waals surface area contributed by atoms with Crippen LogP contribution in [0.4, 0.5) is 0 Å². The molecule has 1 atom stereocenters. The Balaban J connectivity index is 2.39. The summed E-state index contributed by atoms with van der Waals surface area (Å²) < 4.78 is 0. The molecule has 0 aliphatic rings. The van der Waals surface area contributed by atoms with E-state index < -0.39 is 6.10 Å². The van der Waals surface area contributed by atoms with Gasteiger partial charge in [0.05, 0.1) is 6.10 Å². The number of benzene rings is 2. The third kappa shape index (κ3) is 2.26. The van der Waals surface area contributed by atoms with Crippen molar-refractivity contribution in [3.8, 4) is 11.1 Å². The Labute approximate surface area is 100 Å². The molecular weight excluding hydrogens is 220 g/mol. The molecule has 2 heteroatoms. The van der Waals surface area contributed by atoms with E-state index in [1.807, 2.05) is 48.5 Å². The normalized spacial score (nSPS) is 12.4. The minimum Gasteiger partial charge on any atom is -0.389 e. The summed E-state index contributed by atoms with van der Waals surface area (Å²) in [6.45, 7) is 1.75. The summed E-state index contributed by atoms with van der Waals surface area (Å²) >= 11 is 6.11. The number of halogens is 1. The average molecular weight is 233 g/mol. The highest BCUT2D eigenvalue weighted by atomic mass is 35.5. The molecule has 2 aromatic carbocycles. The first-order valence-electron chi connectivity index (χ1n) is 5.21. The summed E-state index contributed by atoms with van der Waals surface area (Å²) in [5, 5.41) is 10.2. The smallest absolute Gasteiger partial charge is 0.0761 e. The van der Waals surface area contributed by atoms with Crippen molar-refractivity contribution in [2.24, 2.45) is 0 Å². The average Bonchev–Trinajstić information content (AvgIpc) is 2.30. The van der Waals surface area contributed by atoms with Crippen LogP contribution in [0.1, 0.15) is 18.6 Å². The predicted octanol–water partition coefficient (Wildman–Crippen LogP) is 4.06. The van der Waals surface area contributed by atoms with Crippen LogP contribution in [0.3, 0.4) is 0 Å². The summed E-state index contributed by atoms with van der Waals surface area (Å²) in [5.41, 5.74) is 2.99. The minimum atomic E-state index is -0.430. The van der Waals surface area contributed by atoms with Gasteiger partial charge in [0.2, 0.25) is 0 Å². The Morgan fingerprint density at radius 1 is 1.00 bits per heavy atom. The SMILES string of the molecule is CC(O)c1ccc(-c2ccccc2Cl)cc1. The number of hydrogen-bond donors (Lipinski definition) is 1. The molecule has 0 amide bonds. The van der Waals surface area contributed by atoms with E-state index in [-0.39, 0.29) is 0 Å². The molecule has 1 N–H and O–H groups in total. The van der Waals surface area contributed by atoms with Gasteiger partial charge in [0.25, 0.3) is 0 Å². The van der Waals surface area contributed by atoms with Gasteiger partial charge in [-0.05, 0) is 24.1 Å². The van der Waals surface area contributed by atoms with E-state index in [4.69, 9.17) is 11.6 Å². The van der Waals surface area contributed by atoms with Crippen molar-refractivity contribution in [1.29, 1.82) is 0 Å². The molecule has 82 valence electrons. The zero-order valence-corrected chi connectivity index (χ0v) is 9.78. The van der Waals surface area contributed by atoms with Crippen LogP contribution >= 0.6 is 11.6 Å². The van der Waals surface area contributed by atoms with Crippen LogP contribution in [-0.4, -0.2) is 5.11 Å². The van der Waals surface area contributed by atoms with Gasteiger partial charge in [-0.25, -0.2) is 0 Å². The van der Waals surface area contributed by atoms with Crippen molar-refractivity contribution in [3.63, 3.8) is 0 Å². The molecule has 0 saturated carbocycles. The number of aliphatic hydroxyl groups excluding tert-OH is 1. The Morgan fingerprint density at radius 2 is 1.62 bits per heavy atom. The van der Waals surface area contributed by atoms with Crippen molar-refractivity contribution >= 4 is 11.6 Å². The van der Waals surface area contributed by atoms with Crippen molar-refractivity contribution in [2.75, 3.05) is 0 Å². The first kappa shape index (κ1) is 11.2. The fraction of sp³-hybridized carbons (Fsp3) is 0.143. The van der Waals surface area contributed by atoms with E-state index in [1.54, 1.807) is 6.92 Å². The maximum atomic E-state index is 9.41. The molecule has 0 aromatic heterocycles. The number of aliphatic hydroxyl groups is 1. The third-order valence-corrected chi connectivity index (χ3v) is 2.91. The van der Waals surface area contributed by atoms with Crippen LogP contribution in [0.15, 0.2) is 48.5 Å². The van der Waals surface area contributed by atoms with Gasteiger partial charge in [-0.1, -0.05) is 54.1 Å². The summed E-state index contributed by atoms with van der Waals surface area (Å²) in [5.74, 6) is 0. The molecule has 2 rings (SSSR count). The molecule has 2 aromatic rings. The molecule has 16 heavy (non-hydrogen) atoms. The number of hydrogen-bond acceptors (Lipinski definition) is 1. The van der Waals surface area contributed by atoms with Crippen molar-refractivity contribution in [2.45, 2.75) is 13.0 Å². The van der Waals surface area contributed by atoms with Crippen molar-refractivity contribution in [3.05, 3.63) is 59.1 Å². The topological polar surface area (TPSA) is 20.2 Å². The molecule has 0 fully saturated rings. The molecule has 0 radical (unpaired) electrons. The maximum Gasteiger partial charge on any atom is 0.0761 e. The van der Waals surface area contributed by atoms with E-state index in [2.05, 4.69) is 0 Å². The summed E-state index contributed by atoms with van der Waals surface area (Å²) in [4.78, 5) is 0. The summed E-state index contributed by atoms with van der Waals surface area (Å²) in [7, 11) is 0. The Hall–Kier alpha value is -1.31. The fourth-order valence-electron chi connectivity index (χ4n) is 1.64. The largest absolute Gasteiger partial charge is 0.389 e. The molecule has 1 unspecified atom stereocenters. The Kier molecular flexibility index (Phi) is 3.28. The van der Waals surface area contributed by atoms with E-state index in [0.717, 1.165) is 21.7 Å². The lowest BCUT2D eigenvalue weighted by Gasteiger charge is -2.07. The van der Waals surface area contributed by atoms with Crippen LogP contribution in [0.2, 0.25) is 5.02 Å². The lowest BCUT2D eigenvalue weighted by atomic mass is 10.0. The van der Waals surface area contributed by atoms with Crippen LogP contribution in [0.25, 0.3) is 11.1 Å². The highest BCUT2D eigenvalue weighted by Crippen LogP contribution is 2.28. The highest BCUT2D eigenvalue weighted by Gasteiger charge is 2.04. The maximum absolute atomic E-state index is 9.41. The second kappa shape index (κ2) is 4.69. The second-order valence-electron chi connectivity index (χ2n) is 3.78. The van der Waals surface area contributed by atoms with Gasteiger partial charge < -0.3 is 5.11 Å². The molecule has 1 nitrogen and oxygen atoms in total. The molecule has 0 spiro atoms. The standard InChI is InChI=1S/C14H13ClO/c1-10(16)11-6-8-12(9-7-11)13-4-2-3-5-14(13)15/h2-10,16H,1H3. The van der Waals surface area contributed by atoms with E-state index in [1.165, 1.54) is 0 Å². The van der Waals surface area contributed by atoms with E-state index in [9.17, 15) is 5.11 Å². The lowest BCUT2D eigenvalue weighted by molar-refractivity contribution is 0.199. The second-order valence-corrected chi connectivity index (χ2v) is 4.19. The van der Waals surface area contributed by atoms with E-state index >= 15 is 0 Å². The zero-order chi connectivity index (χ0) is 11.5. The first-order valence-corrected chi connectivity index (χ1v) is 5.59. The van der Waals surface area contributed by atoms with Crippen LogP contribution < -0.4 is 0 Å². The van der Waals surface area contributed by atoms with Gasteiger partial charge in [0.1, 0.15) is 0 Å². The molecular formula is C14H13ClO. The molecule has 0 aliphatic heterocycles. The van der Waals surface area contributed by atoms with Gasteiger partial charge in [-0.15, -0.1) is 0 Å². The molecule has 0 bridgehead atoms. The van der Waals surface area contributed by atoms with Crippen molar-refractivity contribution < 1.29 is 5.11 Å². The van der Waals surface area contributed by atoms with Crippen molar-refractivity contribution in [1.82, 2.24) is 0 Å². The molecule has 0 aliphatic carbocycles. The van der Waals surface area contributed by atoms with Crippen LogP contribution in [0, 0.1) is 0 Å². The van der Waals surface area contributed by atoms with Gasteiger partial charge in [-0.2, -0.15) is 0 Å². The quantitative estimate of drug-likeness (QED) is 0.828. The van der Waals surface area contributed by atoms with Gasteiger partial charge >= 0.3 is 0 Å². The summed E-state index contributed by atoms with van der Waals surface area (Å²) in [6.07, 6.45) is -0.430. The molecule has 0 saturated heterocycles. The fourth-order valence-corrected chi connectivity index (χ4v) is 1.88. The summed E-state index contributed by atoms with van der Waals surface area (Å²) in [6, 6.07) is 15.5. The van der Waals surface area contributed by atoms with Crippen LogP contribution in [-0.2, 0) is 0 Å². The number of rotatable bonds is 2. The van der Waals surface area contributed by atoms with Crippen LogP contribution in [0.5, 0.6) is 0 Å². The molecule has 0 heterocycles. The monoisotopic (exact) mass is 232 g/mol. The minimum absolute atomic E-state index is 0.430. The van der Waals surface area contributed by atoms with Gasteiger partial charge in [0, 0.05) is 10.6 Å². The lowest BCUT2D eigenvalue weighted by Crippen LogP contribution is -1.90. The zero-order valence-electron chi connectivity index (χ0n) is 9.02. The van der Waals surface area contributed by atoms with Gasteiger partial charge in [-0.3, -0.25) is 0 Å². The predicted molar refractivity (Wildman–Crippen MR) is 67.5 cm³/mol. The third-order valence-electron chi connectivity index (χ3n) is 2.58. The highest BCUT2D eigenvalue weighted by molar-refractivity contribution is 6.33. The van der Waals surface area contributed by atoms with E-state index in [0.29, 0.717) is 0 Å².